The summed E-state index contributed by atoms with van der Waals surface area (Å²) in [4.78, 5) is 2.19. The fourth-order valence-corrected chi connectivity index (χ4v) is 2.55. The van der Waals surface area contributed by atoms with Crippen molar-refractivity contribution in [1.82, 2.24) is 15.4 Å². The van der Waals surface area contributed by atoms with Gasteiger partial charge >= 0.3 is 0 Å². The normalized spacial score (nSPS) is 11.1. The minimum Gasteiger partial charge on any atom is -0.493 e. The molecule has 6 heteroatoms. The number of ether oxygens (including phenoxy) is 2. The minimum absolute atomic E-state index is 0.416. The largest absolute Gasteiger partial charge is 0.493 e. The maximum atomic E-state index is 5.91. The average Bonchev–Trinajstić information content (AvgIpc) is 2.91. The number of methoxy groups -OCH3 is 1. The van der Waals surface area contributed by atoms with Crippen LogP contribution in [0.25, 0.3) is 0 Å². The topological polar surface area (TPSA) is 59.8 Å². The highest BCUT2D eigenvalue weighted by molar-refractivity contribution is 5.43. The average molecular weight is 347 g/mol. The van der Waals surface area contributed by atoms with Crippen LogP contribution in [0.2, 0.25) is 0 Å². The Balaban J connectivity index is 1.90. The molecule has 25 heavy (non-hydrogen) atoms. The molecule has 2 aromatic rings. The Hall–Kier alpha value is -2.05. The second kappa shape index (κ2) is 9.44. The van der Waals surface area contributed by atoms with Gasteiger partial charge in [-0.2, -0.15) is 0 Å². The van der Waals surface area contributed by atoms with E-state index in [4.69, 9.17) is 14.0 Å². The van der Waals surface area contributed by atoms with Crippen molar-refractivity contribution in [3.8, 4) is 11.5 Å². The Bertz CT molecular complexity index is 648. The van der Waals surface area contributed by atoms with Crippen LogP contribution in [0.4, 0.5) is 0 Å². The number of aryl methyl sites for hydroxylation is 2. The molecule has 0 saturated heterocycles. The van der Waals surface area contributed by atoms with Crippen molar-refractivity contribution in [3.05, 3.63) is 40.8 Å². The molecule has 0 spiro atoms. The molecule has 0 unspecified atom stereocenters. The number of aromatic nitrogens is 1. The molecular formula is C19H29N3O3. The second-order valence-electron chi connectivity index (χ2n) is 6.41. The van der Waals surface area contributed by atoms with Gasteiger partial charge in [-0.15, -0.1) is 0 Å². The molecule has 138 valence electrons. The fraction of sp³-hybridized carbons (Fsp3) is 0.526. The maximum absolute atomic E-state index is 5.91. The Labute approximate surface area is 150 Å². The van der Waals surface area contributed by atoms with Crippen LogP contribution in [0.1, 0.15) is 29.0 Å². The van der Waals surface area contributed by atoms with E-state index in [-0.39, 0.29) is 0 Å². The number of nitrogens with zero attached hydrogens (tertiary/aromatic N) is 2. The first-order valence-corrected chi connectivity index (χ1v) is 8.58. The molecule has 0 saturated carbocycles. The van der Waals surface area contributed by atoms with Crippen LogP contribution in [0.3, 0.4) is 0 Å². The smallest absolute Gasteiger partial charge is 0.161 e. The van der Waals surface area contributed by atoms with Gasteiger partial charge in [0.15, 0.2) is 11.5 Å². The Morgan fingerprint density at radius 1 is 1.20 bits per heavy atom. The van der Waals surface area contributed by atoms with E-state index >= 15 is 0 Å². The zero-order valence-corrected chi connectivity index (χ0v) is 15.9. The van der Waals surface area contributed by atoms with Crippen LogP contribution < -0.4 is 14.8 Å². The molecular weight excluding hydrogens is 318 g/mol. The molecule has 0 amide bonds. The third kappa shape index (κ3) is 5.76. The van der Waals surface area contributed by atoms with Gasteiger partial charge in [0, 0.05) is 6.54 Å². The van der Waals surface area contributed by atoms with Gasteiger partial charge in [0.25, 0.3) is 0 Å². The summed E-state index contributed by atoms with van der Waals surface area (Å²) in [5.41, 5.74) is 3.01. The number of hydrogen-bond donors (Lipinski definition) is 1. The quantitative estimate of drug-likeness (QED) is 0.667. The monoisotopic (exact) mass is 347 g/mol. The maximum Gasteiger partial charge on any atom is 0.161 e. The zero-order valence-electron chi connectivity index (χ0n) is 15.9. The van der Waals surface area contributed by atoms with Crippen molar-refractivity contribution in [2.24, 2.45) is 0 Å². The molecule has 0 aliphatic rings. The lowest BCUT2D eigenvalue weighted by Gasteiger charge is -2.13. The standard InChI is InChI=1S/C19H29N3O3/c1-14-17(15(2)25-21-14)13-24-18-8-7-16(11-19(18)23-5)12-20-9-6-10-22(3)4/h7-8,11,20H,6,9-10,12-13H2,1-5H3. The number of hydrogen-bond acceptors (Lipinski definition) is 6. The van der Waals surface area contributed by atoms with E-state index < -0.39 is 0 Å². The van der Waals surface area contributed by atoms with E-state index in [9.17, 15) is 0 Å². The summed E-state index contributed by atoms with van der Waals surface area (Å²) in [5, 5.41) is 7.40. The fourth-order valence-electron chi connectivity index (χ4n) is 2.55. The Kier molecular flexibility index (Phi) is 7.28. The van der Waals surface area contributed by atoms with Gasteiger partial charge < -0.3 is 24.2 Å². The predicted molar refractivity (Wildman–Crippen MR) is 98.2 cm³/mol. The van der Waals surface area contributed by atoms with Gasteiger partial charge in [-0.25, -0.2) is 0 Å². The highest BCUT2D eigenvalue weighted by Gasteiger charge is 2.12. The SMILES string of the molecule is COc1cc(CNCCCN(C)C)ccc1OCc1c(C)noc1C. The number of nitrogens with one attached hydrogen (secondary N) is 1. The van der Waals surface area contributed by atoms with E-state index in [1.165, 1.54) is 5.56 Å². The summed E-state index contributed by atoms with van der Waals surface area (Å²) < 4.78 is 16.6. The summed E-state index contributed by atoms with van der Waals surface area (Å²) >= 11 is 0. The van der Waals surface area contributed by atoms with Gasteiger partial charge in [0.05, 0.1) is 18.4 Å². The molecule has 6 nitrogen and oxygen atoms in total. The lowest BCUT2D eigenvalue weighted by atomic mass is 10.2. The van der Waals surface area contributed by atoms with Crippen LogP contribution in [0.15, 0.2) is 22.7 Å². The molecule has 0 aliphatic heterocycles. The highest BCUT2D eigenvalue weighted by atomic mass is 16.5. The van der Waals surface area contributed by atoms with Crippen molar-refractivity contribution < 1.29 is 14.0 Å². The van der Waals surface area contributed by atoms with E-state index in [1.54, 1.807) is 7.11 Å². The summed E-state index contributed by atoms with van der Waals surface area (Å²) in [5.74, 6) is 2.24. The van der Waals surface area contributed by atoms with Gasteiger partial charge in [-0.1, -0.05) is 11.2 Å². The highest BCUT2D eigenvalue weighted by Crippen LogP contribution is 2.29. The van der Waals surface area contributed by atoms with E-state index in [1.807, 2.05) is 26.0 Å². The number of rotatable bonds is 10. The molecule has 1 N–H and O–H groups in total. The molecule has 0 atom stereocenters. The molecule has 0 fully saturated rings. The zero-order chi connectivity index (χ0) is 18.2. The summed E-state index contributed by atoms with van der Waals surface area (Å²) in [6.45, 7) is 7.11. The van der Waals surface area contributed by atoms with Gasteiger partial charge in [0.1, 0.15) is 12.4 Å². The number of benzene rings is 1. The lowest BCUT2D eigenvalue weighted by Crippen LogP contribution is -2.21. The van der Waals surface area contributed by atoms with Crippen molar-refractivity contribution in [2.75, 3.05) is 34.3 Å². The van der Waals surface area contributed by atoms with Crippen molar-refractivity contribution in [2.45, 2.75) is 33.4 Å². The molecule has 0 radical (unpaired) electrons. The van der Waals surface area contributed by atoms with Crippen LogP contribution in [-0.4, -0.2) is 44.4 Å². The third-order valence-corrected chi connectivity index (χ3v) is 4.07. The van der Waals surface area contributed by atoms with Gasteiger partial charge in [0.2, 0.25) is 0 Å². The molecule has 1 heterocycles. The first-order valence-electron chi connectivity index (χ1n) is 8.58. The predicted octanol–water partition coefficient (Wildman–Crippen LogP) is 2.92. The first kappa shape index (κ1) is 19.3. The lowest BCUT2D eigenvalue weighted by molar-refractivity contribution is 0.281. The van der Waals surface area contributed by atoms with Crippen LogP contribution in [0.5, 0.6) is 11.5 Å². The summed E-state index contributed by atoms with van der Waals surface area (Å²) in [7, 11) is 5.84. The molecule has 1 aromatic heterocycles. The molecule has 2 rings (SSSR count). The molecule has 0 aliphatic carbocycles. The van der Waals surface area contributed by atoms with Gasteiger partial charge in [-0.3, -0.25) is 0 Å². The van der Waals surface area contributed by atoms with Crippen LogP contribution >= 0.6 is 0 Å². The van der Waals surface area contributed by atoms with Crippen LogP contribution in [0, 0.1) is 13.8 Å². The van der Waals surface area contributed by atoms with Crippen molar-refractivity contribution in [1.29, 1.82) is 0 Å². The second-order valence-corrected chi connectivity index (χ2v) is 6.41. The van der Waals surface area contributed by atoms with Crippen molar-refractivity contribution in [3.63, 3.8) is 0 Å². The van der Waals surface area contributed by atoms with Crippen LogP contribution in [-0.2, 0) is 13.2 Å². The van der Waals surface area contributed by atoms with Gasteiger partial charge in [-0.05, 0) is 65.1 Å². The Morgan fingerprint density at radius 3 is 2.64 bits per heavy atom. The molecule has 1 aromatic carbocycles. The minimum atomic E-state index is 0.416. The summed E-state index contributed by atoms with van der Waals surface area (Å²) in [6, 6.07) is 6.03. The molecule has 0 bridgehead atoms. The van der Waals surface area contributed by atoms with E-state index in [2.05, 4.69) is 35.5 Å². The Morgan fingerprint density at radius 2 is 2.00 bits per heavy atom. The third-order valence-electron chi connectivity index (χ3n) is 4.07. The van der Waals surface area contributed by atoms with E-state index in [0.29, 0.717) is 6.61 Å². The summed E-state index contributed by atoms with van der Waals surface area (Å²) in [6.07, 6.45) is 1.13. The first-order chi connectivity index (χ1) is 12.0. The van der Waals surface area contributed by atoms with Crippen molar-refractivity contribution >= 4 is 0 Å². The van der Waals surface area contributed by atoms with E-state index in [0.717, 1.165) is 54.6 Å².